The van der Waals surface area contributed by atoms with Crippen LogP contribution in [0.4, 0.5) is 0 Å². The highest BCUT2D eigenvalue weighted by molar-refractivity contribution is 5.94. The molecule has 25 heavy (non-hydrogen) atoms. The number of carbonyl (C=O) groups excluding carboxylic acids is 2. The molecule has 2 fully saturated rings. The first-order valence-electron chi connectivity index (χ1n) is 9.47. The second-order valence-electron chi connectivity index (χ2n) is 7.14. The zero-order valence-corrected chi connectivity index (χ0v) is 15.0. The van der Waals surface area contributed by atoms with Crippen LogP contribution in [-0.4, -0.2) is 43.0 Å². The SMILES string of the molecule is CCCNC(=O)C1CCN(C(=O)c2ccc(OCC3CC3)cc2)CC1. The molecule has 1 saturated carbocycles. The summed E-state index contributed by atoms with van der Waals surface area (Å²) in [6.07, 6.45) is 4.96. The molecule has 136 valence electrons. The van der Waals surface area contributed by atoms with E-state index in [9.17, 15) is 9.59 Å². The second-order valence-corrected chi connectivity index (χ2v) is 7.14. The molecule has 5 nitrogen and oxygen atoms in total. The number of hydrogen-bond acceptors (Lipinski definition) is 3. The van der Waals surface area contributed by atoms with Crippen molar-refractivity contribution < 1.29 is 14.3 Å². The van der Waals surface area contributed by atoms with Gasteiger partial charge in [-0.2, -0.15) is 0 Å². The summed E-state index contributed by atoms with van der Waals surface area (Å²) >= 11 is 0. The maximum Gasteiger partial charge on any atom is 0.253 e. The molecule has 1 N–H and O–H groups in total. The Balaban J connectivity index is 1.47. The number of nitrogens with one attached hydrogen (secondary N) is 1. The van der Waals surface area contributed by atoms with E-state index in [4.69, 9.17) is 4.74 Å². The van der Waals surface area contributed by atoms with Crippen molar-refractivity contribution in [1.29, 1.82) is 0 Å². The summed E-state index contributed by atoms with van der Waals surface area (Å²) in [6.45, 7) is 4.84. The van der Waals surface area contributed by atoms with E-state index < -0.39 is 0 Å². The van der Waals surface area contributed by atoms with Gasteiger partial charge in [-0.1, -0.05) is 6.92 Å². The van der Waals surface area contributed by atoms with Crippen LogP contribution >= 0.6 is 0 Å². The summed E-state index contributed by atoms with van der Waals surface area (Å²) in [4.78, 5) is 26.5. The number of rotatable bonds is 7. The Kier molecular flexibility index (Phi) is 5.95. The molecule has 0 spiro atoms. The lowest BCUT2D eigenvalue weighted by atomic mass is 9.95. The molecule has 1 aliphatic heterocycles. The average molecular weight is 344 g/mol. The molecule has 1 saturated heterocycles. The van der Waals surface area contributed by atoms with Gasteiger partial charge in [-0.15, -0.1) is 0 Å². The molecule has 2 aliphatic rings. The number of nitrogens with zero attached hydrogens (tertiary/aromatic N) is 1. The Bertz CT molecular complexity index is 587. The van der Waals surface area contributed by atoms with Crippen molar-refractivity contribution in [2.75, 3.05) is 26.2 Å². The van der Waals surface area contributed by atoms with Crippen LogP contribution in [0.3, 0.4) is 0 Å². The summed E-state index contributed by atoms with van der Waals surface area (Å²) in [7, 11) is 0. The van der Waals surface area contributed by atoms with E-state index in [-0.39, 0.29) is 17.7 Å². The van der Waals surface area contributed by atoms with E-state index in [0.717, 1.165) is 44.1 Å². The fourth-order valence-corrected chi connectivity index (χ4v) is 3.11. The largest absolute Gasteiger partial charge is 0.493 e. The molecular weight excluding hydrogens is 316 g/mol. The minimum atomic E-state index is 0.0359. The summed E-state index contributed by atoms with van der Waals surface area (Å²) < 4.78 is 5.71. The van der Waals surface area contributed by atoms with Crippen LogP contribution in [0.25, 0.3) is 0 Å². The van der Waals surface area contributed by atoms with Crippen molar-refractivity contribution in [3.8, 4) is 5.75 Å². The lowest BCUT2D eigenvalue weighted by molar-refractivity contribution is -0.126. The van der Waals surface area contributed by atoms with Gasteiger partial charge in [0.2, 0.25) is 5.91 Å². The molecule has 0 unspecified atom stereocenters. The van der Waals surface area contributed by atoms with Gasteiger partial charge in [0.05, 0.1) is 6.61 Å². The molecule has 0 atom stereocenters. The summed E-state index contributed by atoms with van der Waals surface area (Å²) in [5.74, 6) is 1.76. The third-order valence-electron chi connectivity index (χ3n) is 4.99. The van der Waals surface area contributed by atoms with Crippen molar-refractivity contribution >= 4 is 11.8 Å². The van der Waals surface area contributed by atoms with Gasteiger partial charge >= 0.3 is 0 Å². The standard InChI is InChI=1S/C20H28N2O3/c1-2-11-21-19(23)16-9-12-22(13-10-16)20(24)17-5-7-18(8-6-17)25-14-15-3-4-15/h5-8,15-16H,2-4,9-14H2,1H3,(H,21,23). The summed E-state index contributed by atoms with van der Waals surface area (Å²) in [6, 6.07) is 7.43. The fourth-order valence-electron chi connectivity index (χ4n) is 3.11. The Morgan fingerprint density at radius 1 is 1.12 bits per heavy atom. The third kappa shape index (κ3) is 4.97. The van der Waals surface area contributed by atoms with Gasteiger partial charge in [0.1, 0.15) is 5.75 Å². The average Bonchev–Trinajstić information content (AvgIpc) is 3.49. The van der Waals surface area contributed by atoms with Crippen LogP contribution < -0.4 is 10.1 Å². The predicted molar refractivity (Wildman–Crippen MR) is 96.6 cm³/mol. The first-order chi connectivity index (χ1) is 12.2. The lowest BCUT2D eigenvalue weighted by Crippen LogP contribution is -2.43. The van der Waals surface area contributed by atoms with Crippen molar-refractivity contribution in [3.63, 3.8) is 0 Å². The third-order valence-corrected chi connectivity index (χ3v) is 4.99. The Hall–Kier alpha value is -2.04. The van der Waals surface area contributed by atoms with E-state index in [2.05, 4.69) is 5.32 Å². The van der Waals surface area contributed by atoms with Gasteiger partial charge in [0, 0.05) is 31.1 Å². The molecule has 1 aromatic rings. The minimum absolute atomic E-state index is 0.0359. The van der Waals surface area contributed by atoms with Crippen molar-refractivity contribution in [2.45, 2.75) is 39.0 Å². The smallest absolute Gasteiger partial charge is 0.253 e. The van der Waals surface area contributed by atoms with Crippen molar-refractivity contribution in [3.05, 3.63) is 29.8 Å². The molecule has 0 bridgehead atoms. The first kappa shape index (κ1) is 17.8. The topological polar surface area (TPSA) is 58.6 Å². The molecule has 3 rings (SSSR count). The van der Waals surface area contributed by atoms with Crippen LogP contribution in [0.1, 0.15) is 49.4 Å². The molecule has 1 aliphatic carbocycles. The quantitative estimate of drug-likeness (QED) is 0.827. The number of likely N-dealkylation sites (tertiary alicyclic amines) is 1. The highest BCUT2D eigenvalue weighted by Gasteiger charge is 2.27. The Labute approximate surface area is 149 Å². The number of benzene rings is 1. The number of ether oxygens (including phenoxy) is 1. The molecule has 1 aromatic carbocycles. The van der Waals surface area contributed by atoms with E-state index in [1.54, 1.807) is 0 Å². The van der Waals surface area contributed by atoms with Crippen LogP contribution in [-0.2, 0) is 4.79 Å². The van der Waals surface area contributed by atoms with E-state index in [1.165, 1.54) is 12.8 Å². The Morgan fingerprint density at radius 3 is 2.40 bits per heavy atom. The molecular formula is C20H28N2O3. The van der Waals surface area contributed by atoms with Gasteiger partial charge in [-0.3, -0.25) is 9.59 Å². The normalized spacial score (nSPS) is 18.0. The predicted octanol–water partition coefficient (Wildman–Crippen LogP) is 2.85. The van der Waals surface area contributed by atoms with Crippen molar-refractivity contribution in [2.24, 2.45) is 11.8 Å². The van der Waals surface area contributed by atoms with E-state index >= 15 is 0 Å². The number of carbonyl (C=O) groups is 2. The Morgan fingerprint density at radius 2 is 1.80 bits per heavy atom. The summed E-state index contributed by atoms with van der Waals surface area (Å²) in [5, 5.41) is 2.95. The van der Waals surface area contributed by atoms with Crippen molar-refractivity contribution in [1.82, 2.24) is 10.2 Å². The van der Waals surface area contributed by atoms with Gasteiger partial charge in [0.25, 0.3) is 5.91 Å². The van der Waals surface area contributed by atoms with Gasteiger partial charge < -0.3 is 15.0 Å². The zero-order valence-electron chi connectivity index (χ0n) is 15.0. The molecule has 1 heterocycles. The van der Waals surface area contributed by atoms with E-state index in [1.807, 2.05) is 36.1 Å². The van der Waals surface area contributed by atoms with Gasteiger partial charge in [0.15, 0.2) is 0 Å². The van der Waals surface area contributed by atoms with Crippen LogP contribution in [0.2, 0.25) is 0 Å². The van der Waals surface area contributed by atoms with Gasteiger partial charge in [-0.05, 0) is 62.3 Å². The number of hydrogen-bond donors (Lipinski definition) is 1. The maximum atomic E-state index is 12.6. The van der Waals surface area contributed by atoms with E-state index in [0.29, 0.717) is 18.7 Å². The number of amides is 2. The summed E-state index contributed by atoms with van der Waals surface area (Å²) in [5.41, 5.74) is 0.688. The van der Waals surface area contributed by atoms with Crippen LogP contribution in [0.15, 0.2) is 24.3 Å². The molecule has 0 radical (unpaired) electrons. The monoisotopic (exact) mass is 344 g/mol. The minimum Gasteiger partial charge on any atom is -0.493 e. The second kappa shape index (κ2) is 8.37. The molecule has 2 amide bonds. The van der Waals surface area contributed by atoms with Crippen LogP contribution in [0.5, 0.6) is 5.75 Å². The first-order valence-corrected chi connectivity index (χ1v) is 9.47. The highest BCUT2D eigenvalue weighted by Crippen LogP contribution is 2.29. The highest BCUT2D eigenvalue weighted by atomic mass is 16.5. The van der Waals surface area contributed by atoms with Gasteiger partial charge in [-0.25, -0.2) is 0 Å². The zero-order chi connectivity index (χ0) is 17.6. The fraction of sp³-hybridized carbons (Fsp3) is 0.600. The lowest BCUT2D eigenvalue weighted by Gasteiger charge is -2.31. The molecule has 0 aromatic heterocycles. The molecule has 5 heteroatoms. The maximum absolute atomic E-state index is 12.6. The number of piperidine rings is 1. The van der Waals surface area contributed by atoms with Crippen LogP contribution in [0, 0.1) is 11.8 Å².